The van der Waals surface area contributed by atoms with Gasteiger partial charge in [0.25, 0.3) is 15.6 Å². The summed E-state index contributed by atoms with van der Waals surface area (Å²) in [6.07, 6.45) is -11.5. The normalized spacial score (nSPS) is 11.7. The minimum atomic E-state index is -4.86. The summed E-state index contributed by atoms with van der Waals surface area (Å²) in [5, 5.41) is 2.12. The first-order chi connectivity index (χ1) is 24.9. The smallest absolute Gasteiger partial charge is 0.431 e. The van der Waals surface area contributed by atoms with E-state index in [1.807, 2.05) is 0 Å². The Labute approximate surface area is 307 Å². The Kier molecular flexibility index (Phi) is 13.6. The molecule has 0 atom stereocenters. The summed E-state index contributed by atoms with van der Waals surface area (Å²) < 4.78 is 113. The monoisotopic (exact) mass is 809 g/mol. The molecule has 0 radical (unpaired) electrons. The molecule has 0 spiro atoms. The average molecular weight is 810 g/mol. The molecule has 0 aliphatic heterocycles. The maximum absolute atomic E-state index is 12.9. The van der Waals surface area contributed by atoms with E-state index in [0.29, 0.717) is 15.2 Å². The number of aryl methyl sites for hydroxylation is 2. The largest absolute Gasteiger partial charge is 0.467 e. The number of esters is 1. The molecule has 0 unspecified atom stereocenters. The maximum atomic E-state index is 12.9. The molecule has 4 aromatic rings. The number of carbonyl (C=O) groups excluding carboxylic acids is 2. The van der Waals surface area contributed by atoms with Gasteiger partial charge in [0.1, 0.15) is 11.5 Å². The highest BCUT2D eigenvalue weighted by atomic mass is 35.5. The van der Waals surface area contributed by atoms with Gasteiger partial charge in [0.2, 0.25) is 5.95 Å². The minimum absolute atomic E-state index is 0.0104. The first-order valence-corrected chi connectivity index (χ1v) is 17.0. The number of urea groups is 1. The fraction of sp³-hybridized carbons (Fsp3) is 0.323. The standard InChI is InChI=1S/C16H14ClF3N2O4.C15H16F3N5O4S/c1-8(2)26-14(24)10-6-9(4-5-11(10)17)22-13(23)7-12(16(18,19)20)21(3)15(22)25;1-9-19-12(22-14(20-9)27-2)21-13(24)23-28(25,26)11-6-4-3-5-10(11)7-8-15(16,17)18/h4-8H,1-3H3;3-6H,7-8H2,1-2H3,(H2,19,20,21,22,23,24). The number of amides is 2. The van der Waals surface area contributed by atoms with Gasteiger partial charge in [-0.15, -0.1) is 0 Å². The molecular formula is C31H30ClF6N7O8S. The molecule has 4 rings (SSSR count). The van der Waals surface area contributed by atoms with Crippen molar-refractivity contribution < 1.29 is 53.8 Å². The van der Waals surface area contributed by atoms with E-state index in [1.54, 1.807) is 18.6 Å². The van der Waals surface area contributed by atoms with Crippen LogP contribution < -0.4 is 26.0 Å². The van der Waals surface area contributed by atoms with Crippen LogP contribution in [0.1, 0.15) is 47.7 Å². The lowest BCUT2D eigenvalue weighted by atomic mass is 10.1. The van der Waals surface area contributed by atoms with Crippen molar-refractivity contribution in [3.05, 3.63) is 97.0 Å². The molecule has 2 aromatic carbocycles. The van der Waals surface area contributed by atoms with E-state index >= 15 is 0 Å². The number of alkyl halides is 6. The second-order valence-corrected chi connectivity index (χ2v) is 13.2. The van der Waals surface area contributed by atoms with Gasteiger partial charge in [-0.1, -0.05) is 29.8 Å². The number of halogens is 7. The molecule has 2 N–H and O–H groups in total. The number of nitrogens with one attached hydrogen (secondary N) is 2. The molecule has 54 heavy (non-hydrogen) atoms. The van der Waals surface area contributed by atoms with E-state index in [2.05, 4.69) is 20.3 Å². The number of hydrogen-bond acceptors (Lipinski definition) is 11. The molecule has 0 aliphatic carbocycles. The Morgan fingerprint density at radius 1 is 0.981 bits per heavy atom. The first-order valence-electron chi connectivity index (χ1n) is 15.1. The van der Waals surface area contributed by atoms with Crippen LogP contribution in [0.3, 0.4) is 0 Å². The Hall–Kier alpha value is -5.51. The number of rotatable bonds is 9. The molecule has 2 amide bonds. The Bertz CT molecular complexity index is 2260. The SMILES string of the molecule is CC(C)OC(=O)c1cc(-n2c(=O)cc(C(F)(F)F)n(C)c2=O)ccc1Cl.COc1nc(C)nc(NC(=O)NS(=O)(=O)c2ccccc2CCC(F)(F)F)n1. The van der Waals surface area contributed by atoms with Crippen LogP contribution in [0.15, 0.2) is 63.0 Å². The van der Waals surface area contributed by atoms with Crippen molar-refractivity contribution >= 4 is 39.6 Å². The lowest BCUT2D eigenvalue weighted by Crippen LogP contribution is -2.40. The summed E-state index contributed by atoms with van der Waals surface area (Å²) in [5.41, 5.74) is -4.08. The zero-order valence-corrected chi connectivity index (χ0v) is 30.2. The minimum Gasteiger partial charge on any atom is -0.467 e. The molecule has 0 fully saturated rings. The summed E-state index contributed by atoms with van der Waals surface area (Å²) in [4.78, 5) is 59.4. The van der Waals surface area contributed by atoms with Gasteiger partial charge in [0, 0.05) is 19.5 Å². The van der Waals surface area contributed by atoms with Crippen LogP contribution in [0.2, 0.25) is 5.02 Å². The number of anilines is 1. The van der Waals surface area contributed by atoms with Crippen LogP contribution >= 0.6 is 11.6 Å². The molecule has 2 aromatic heterocycles. The summed E-state index contributed by atoms with van der Waals surface area (Å²) in [6.45, 7) is 4.73. The fourth-order valence-corrected chi connectivity index (χ4v) is 5.75. The van der Waals surface area contributed by atoms with E-state index in [9.17, 15) is 53.9 Å². The van der Waals surface area contributed by atoms with Gasteiger partial charge in [-0.05, 0) is 57.0 Å². The van der Waals surface area contributed by atoms with E-state index in [4.69, 9.17) is 21.1 Å². The number of sulfonamides is 1. The Morgan fingerprint density at radius 3 is 2.22 bits per heavy atom. The molecular weight excluding hydrogens is 780 g/mol. The number of benzene rings is 2. The summed E-state index contributed by atoms with van der Waals surface area (Å²) in [6, 6.07) is 7.72. The van der Waals surface area contributed by atoms with Gasteiger partial charge < -0.3 is 9.47 Å². The van der Waals surface area contributed by atoms with Crippen LogP contribution in [0.4, 0.5) is 37.1 Å². The van der Waals surface area contributed by atoms with Gasteiger partial charge >= 0.3 is 36.1 Å². The molecule has 0 bridgehead atoms. The van der Waals surface area contributed by atoms with Crippen molar-refractivity contribution in [3.63, 3.8) is 0 Å². The van der Waals surface area contributed by atoms with Crippen molar-refractivity contribution in [2.75, 3.05) is 12.4 Å². The second-order valence-electron chi connectivity index (χ2n) is 11.1. The number of ether oxygens (including phenoxy) is 2. The van der Waals surface area contributed by atoms with E-state index in [-0.39, 0.29) is 39.6 Å². The number of aromatic nitrogens is 5. The molecule has 23 heteroatoms. The maximum Gasteiger partial charge on any atom is 0.431 e. The molecule has 292 valence electrons. The van der Waals surface area contributed by atoms with Crippen molar-refractivity contribution in [1.29, 1.82) is 0 Å². The third-order valence-corrected chi connectivity index (χ3v) is 8.44. The first kappa shape index (κ1) is 42.9. The highest BCUT2D eigenvalue weighted by Gasteiger charge is 2.35. The predicted octanol–water partition coefficient (Wildman–Crippen LogP) is 4.97. The molecule has 15 nitrogen and oxygen atoms in total. The predicted molar refractivity (Wildman–Crippen MR) is 179 cm³/mol. The van der Waals surface area contributed by atoms with Gasteiger partial charge in [0.05, 0.1) is 34.4 Å². The average Bonchev–Trinajstić information content (AvgIpc) is 3.04. The van der Waals surface area contributed by atoms with Gasteiger partial charge in [0.15, 0.2) is 0 Å². The van der Waals surface area contributed by atoms with Gasteiger partial charge in [-0.3, -0.25) is 14.7 Å². The molecule has 2 heterocycles. The van der Waals surface area contributed by atoms with Crippen molar-refractivity contribution in [3.8, 4) is 11.7 Å². The van der Waals surface area contributed by atoms with E-state index in [1.165, 1.54) is 44.4 Å². The van der Waals surface area contributed by atoms with Crippen LogP contribution in [0.25, 0.3) is 5.69 Å². The zero-order valence-electron chi connectivity index (χ0n) is 28.7. The summed E-state index contributed by atoms with van der Waals surface area (Å²) >= 11 is 5.94. The van der Waals surface area contributed by atoms with Crippen molar-refractivity contribution in [2.24, 2.45) is 7.05 Å². The Balaban J connectivity index is 0.000000291. The van der Waals surface area contributed by atoms with Crippen molar-refractivity contribution in [2.45, 2.75) is 57.0 Å². The summed E-state index contributed by atoms with van der Waals surface area (Å²) in [7, 11) is -2.25. The lowest BCUT2D eigenvalue weighted by molar-refractivity contribution is -0.144. The van der Waals surface area contributed by atoms with Crippen LogP contribution in [-0.4, -0.2) is 63.9 Å². The number of carbonyl (C=O) groups is 2. The van der Waals surface area contributed by atoms with E-state index < -0.39 is 75.2 Å². The summed E-state index contributed by atoms with van der Waals surface area (Å²) in [5.74, 6) is -0.839. The third-order valence-electron chi connectivity index (χ3n) is 6.68. The van der Waals surface area contributed by atoms with Crippen LogP contribution in [-0.2, 0) is 34.4 Å². The highest BCUT2D eigenvalue weighted by Crippen LogP contribution is 2.28. The Morgan fingerprint density at radius 2 is 1.63 bits per heavy atom. The molecule has 0 aliphatic rings. The fourth-order valence-electron chi connectivity index (χ4n) is 4.38. The molecule has 0 saturated carbocycles. The molecule has 0 saturated heterocycles. The van der Waals surface area contributed by atoms with Gasteiger partial charge in [-0.25, -0.2) is 32.1 Å². The second kappa shape index (κ2) is 17.1. The topological polar surface area (TPSA) is 193 Å². The van der Waals surface area contributed by atoms with Gasteiger partial charge in [-0.2, -0.15) is 41.3 Å². The van der Waals surface area contributed by atoms with Crippen LogP contribution in [0, 0.1) is 6.92 Å². The van der Waals surface area contributed by atoms with Crippen molar-refractivity contribution in [1.82, 2.24) is 28.8 Å². The zero-order chi connectivity index (χ0) is 40.8. The lowest BCUT2D eigenvalue weighted by Gasteiger charge is -2.15. The quantitative estimate of drug-likeness (QED) is 0.171. The number of nitrogens with zero attached hydrogens (tertiary/aromatic N) is 5. The number of hydrogen-bond donors (Lipinski definition) is 2. The van der Waals surface area contributed by atoms with Crippen LogP contribution in [0.5, 0.6) is 6.01 Å². The highest BCUT2D eigenvalue weighted by molar-refractivity contribution is 7.90. The number of methoxy groups -OCH3 is 1. The van der Waals surface area contributed by atoms with E-state index in [0.717, 1.165) is 19.2 Å². The third kappa shape index (κ3) is 11.5.